The molecule has 0 saturated carbocycles. The van der Waals surface area contributed by atoms with Gasteiger partial charge in [0.25, 0.3) is 0 Å². The quantitative estimate of drug-likeness (QED) is 0.634. The van der Waals surface area contributed by atoms with Crippen molar-refractivity contribution < 1.29 is 9.53 Å². The molecule has 0 atom stereocenters. The Morgan fingerprint density at radius 2 is 1.79 bits per heavy atom. The maximum absolute atomic E-state index is 12.2. The summed E-state index contributed by atoms with van der Waals surface area (Å²) in [6.07, 6.45) is 1.66. The third-order valence-corrected chi connectivity index (χ3v) is 4.63. The first kappa shape index (κ1) is 20.7. The van der Waals surface area contributed by atoms with E-state index in [1.165, 1.54) is 0 Å². The van der Waals surface area contributed by atoms with E-state index in [0.717, 1.165) is 16.9 Å². The molecule has 2 heterocycles. The second-order valence-corrected chi connectivity index (χ2v) is 8.16. The molecule has 8 nitrogen and oxygen atoms in total. The lowest BCUT2D eigenvalue weighted by Gasteiger charge is -2.36. The van der Waals surface area contributed by atoms with Gasteiger partial charge in [-0.2, -0.15) is 5.10 Å². The van der Waals surface area contributed by atoms with Crippen LogP contribution in [0.5, 0.6) is 0 Å². The number of rotatable bonds is 3. The van der Waals surface area contributed by atoms with Crippen molar-refractivity contribution in [3.8, 4) is 5.69 Å². The van der Waals surface area contributed by atoms with E-state index in [1.54, 1.807) is 4.90 Å². The Balaban J connectivity index is 1.60. The molecule has 2 N–H and O–H groups in total. The normalized spacial score (nSPS) is 15.5. The van der Waals surface area contributed by atoms with Gasteiger partial charge in [-0.15, -0.1) is 0 Å². The van der Waals surface area contributed by atoms with Crippen LogP contribution < -0.4 is 5.73 Å². The van der Waals surface area contributed by atoms with Crippen LogP contribution in [0.25, 0.3) is 5.69 Å². The zero-order valence-corrected chi connectivity index (χ0v) is 17.6. The number of amides is 1. The van der Waals surface area contributed by atoms with Crippen molar-refractivity contribution in [3.63, 3.8) is 0 Å². The third-order valence-electron chi connectivity index (χ3n) is 4.63. The number of ether oxygens (including phenoxy) is 1. The summed E-state index contributed by atoms with van der Waals surface area (Å²) in [6.45, 7) is 10.4. The lowest BCUT2D eigenvalue weighted by molar-refractivity contribution is 0.0186. The Hall–Kier alpha value is -3.03. The number of aryl methyl sites for hydroxylation is 1. The molecule has 0 spiro atoms. The molecule has 2 aromatic rings. The molecule has 3 rings (SSSR count). The van der Waals surface area contributed by atoms with E-state index < -0.39 is 5.60 Å². The highest BCUT2D eigenvalue weighted by molar-refractivity contribution is 5.78. The minimum Gasteiger partial charge on any atom is -0.444 e. The van der Waals surface area contributed by atoms with Gasteiger partial charge in [0.2, 0.25) is 0 Å². The van der Waals surface area contributed by atoms with Crippen molar-refractivity contribution in [3.05, 3.63) is 47.8 Å². The van der Waals surface area contributed by atoms with Crippen LogP contribution in [0.4, 0.5) is 4.79 Å². The zero-order valence-electron chi connectivity index (χ0n) is 17.6. The monoisotopic (exact) mass is 398 g/mol. The van der Waals surface area contributed by atoms with Gasteiger partial charge in [-0.3, -0.25) is 0 Å². The Morgan fingerprint density at radius 3 is 2.41 bits per heavy atom. The molecule has 1 aromatic heterocycles. The molecule has 1 fully saturated rings. The van der Waals surface area contributed by atoms with Gasteiger partial charge in [0.15, 0.2) is 5.96 Å². The number of nitrogens with two attached hydrogens (primary N) is 1. The van der Waals surface area contributed by atoms with Gasteiger partial charge < -0.3 is 20.3 Å². The van der Waals surface area contributed by atoms with E-state index in [2.05, 4.69) is 10.1 Å². The van der Waals surface area contributed by atoms with E-state index in [1.807, 2.05) is 73.8 Å². The standard InChI is InChI=1S/C21H30N6O2/c1-16-9-10-27(24-16)18-8-6-5-7-17(18)15-23-19(22)25-11-13-26(14-12-25)20(28)29-21(2,3)4/h5-10H,11-15H2,1-4H3,(H2,22,23). The maximum Gasteiger partial charge on any atom is 0.410 e. The number of piperazine rings is 1. The molecule has 1 aliphatic rings. The molecule has 0 radical (unpaired) electrons. The van der Waals surface area contributed by atoms with Crippen molar-refractivity contribution in [2.75, 3.05) is 26.2 Å². The third kappa shape index (κ3) is 5.49. The van der Waals surface area contributed by atoms with Crippen molar-refractivity contribution in [2.24, 2.45) is 10.7 Å². The predicted octanol–water partition coefficient (Wildman–Crippen LogP) is 2.55. The van der Waals surface area contributed by atoms with Gasteiger partial charge in [0, 0.05) is 32.4 Å². The highest BCUT2D eigenvalue weighted by Gasteiger charge is 2.26. The summed E-state index contributed by atoms with van der Waals surface area (Å²) in [6, 6.07) is 9.99. The van der Waals surface area contributed by atoms with E-state index in [4.69, 9.17) is 10.5 Å². The average molecular weight is 399 g/mol. The summed E-state index contributed by atoms with van der Waals surface area (Å²) < 4.78 is 7.29. The summed E-state index contributed by atoms with van der Waals surface area (Å²) in [5.41, 5.74) is 8.74. The van der Waals surface area contributed by atoms with Crippen LogP contribution in [0, 0.1) is 6.92 Å². The van der Waals surface area contributed by atoms with E-state index in [0.29, 0.717) is 38.7 Å². The fourth-order valence-corrected chi connectivity index (χ4v) is 3.13. The molecule has 0 unspecified atom stereocenters. The van der Waals surface area contributed by atoms with Crippen LogP contribution in [-0.2, 0) is 11.3 Å². The lowest BCUT2D eigenvalue weighted by atomic mass is 10.2. The van der Waals surface area contributed by atoms with Gasteiger partial charge in [-0.1, -0.05) is 18.2 Å². The molecule has 0 aliphatic carbocycles. The SMILES string of the molecule is Cc1ccn(-c2ccccc2CN=C(N)N2CCN(C(=O)OC(C)(C)C)CC2)n1. The topological polar surface area (TPSA) is 89.0 Å². The second kappa shape index (κ2) is 8.55. The first-order chi connectivity index (χ1) is 13.7. The van der Waals surface area contributed by atoms with Crippen LogP contribution in [-0.4, -0.2) is 63.4 Å². The van der Waals surface area contributed by atoms with Gasteiger partial charge in [0.1, 0.15) is 5.60 Å². The van der Waals surface area contributed by atoms with Crippen molar-refractivity contribution in [1.82, 2.24) is 19.6 Å². The molecule has 1 amide bonds. The predicted molar refractivity (Wildman–Crippen MR) is 113 cm³/mol. The smallest absolute Gasteiger partial charge is 0.410 e. The van der Waals surface area contributed by atoms with Crippen LogP contribution in [0.1, 0.15) is 32.0 Å². The van der Waals surface area contributed by atoms with Gasteiger partial charge in [-0.05, 0) is 45.4 Å². The van der Waals surface area contributed by atoms with E-state index in [9.17, 15) is 4.79 Å². The molecule has 1 saturated heterocycles. The maximum atomic E-state index is 12.2. The molecule has 8 heteroatoms. The van der Waals surface area contributed by atoms with Crippen molar-refractivity contribution >= 4 is 12.1 Å². The Bertz CT molecular complexity index is 875. The first-order valence-corrected chi connectivity index (χ1v) is 9.86. The van der Waals surface area contributed by atoms with Gasteiger partial charge >= 0.3 is 6.09 Å². The van der Waals surface area contributed by atoms with Crippen LogP contribution >= 0.6 is 0 Å². The minimum absolute atomic E-state index is 0.281. The Labute approximate surface area is 171 Å². The number of benzene rings is 1. The van der Waals surface area contributed by atoms with E-state index in [-0.39, 0.29) is 6.09 Å². The molecular weight excluding hydrogens is 368 g/mol. The van der Waals surface area contributed by atoms with Gasteiger partial charge in [0.05, 0.1) is 17.9 Å². The first-order valence-electron chi connectivity index (χ1n) is 9.86. The fraction of sp³-hybridized carbons (Fsp3) is 0.476. The number of guanidine groups is 1. The fourth-order valence-electron chi connectivity index (χ4n) is 3.13. The molecule has 1 aliphatic heterocycles. The largest absolute Gasteiger partial charge is 0.444 e. The zero-order chi connectivity index (χ0) is 21.0. The number of para-hydroxylation sites is 1. The lowest BCUT2D eigenvalue weighted by Crippen LogP contribution is -2.53. The number of nitrogens with zero attached hydrogens (tertiary/aromatic N) is 5. The van der Waals surface area contributed by atoms with Crippen molar-refractivity contribution in [2.45, 2.75) is 39.8 Å². The van der Waals surface area contributed by atoms with Crippen LogP contribution in [0.2, 0.25) is 0 Å². The Morgan fingerprint density at radius 1 is 1.14 bits per heavy atom. The summed E-state index contributed by atoms with van der Waals surface area (Å²) in [5, 5.41) is 4.49. The van der Waals surface area contributed by atoms with E-state index >= 15 is 0 Å². The Kier molecular flexibility index (Phi) is 6.10. The molecule has 0 bridgehead atoms. The average Bonchev–Trinajstić information content (AvgIpc) is 3.11. The number of aromatic nitrogens is 2. The number of carbonyl (C=O) groups is 1. The van der Waals surface area contributed by atoms with Crippen LogP contribution in [0.3, 0.4) is 0 Å². The molecule has 1 aromatic carbocycles. The number of aliphatic imine (C=N–C) groups is 1. The summed E-state index contributed by atoms with van der Waals surface area (Å²) in [4.78, 5) is 20.5. The minimum atomic E-state index is -0.491. The number of hydrogen-bond donors (Lipinski definition) is 1. The van der Waals surface area contributed by atoms with Gasteiger partial charge in [-0.25, -0.2) is 14.5 Å². The van der Waals surface area contributed by atoms with Crippen LogP contribution in [0.15, 0.2) is 41.5 Å². The molecule has 156 valence electrons. The highest BCUT2D eigenvalue weighted by atomic mass is 16.6. The highest BCUT2D eigenvalue weighted by Crippen LogP contribution is 2.16. The molecule has 29 heavy (non-hydrogen) atoms. The van der Waals surface area contributed by atoms with Crippen molar-refractivity contribution in [1.29, 1.82) is 0 Å². The summed E-state index contributed by atoms with van der Waals surface area (Å²) in [5.74, 6) is 0.486. The second-order valence-electron chi connectivity index (χ2n) is 8.16. The summed E-state index contributed by atoms with van der Waals surface area (Å²) in [7, 11) is 0. The number of carbonyl (C=O) groups excluding carboxylic acids is 1. The number of hydrogen-bond acceptors (Lipinski definition) is 4. The molecular formula is C21H30N6O2. The summed E-state index contributed by atoms with van der Waals surface area (Å²) >= 11 is 0.